The van der Waals surface area contributed by atoms with E-state index in [9.17, 15) is 44.3 Å². The Bertz CT molecular complexity index is 874. The molecule has 192 valence electrons. The molecule has 2 heterocycles. The van der Waals surface area contributed by atoms with Crippen molar-refractivity contribution >= 4 is 6.09 Å². The van der Waals surface area contributed by atoms with Crippen LogP contribution in [0.4, 0.5) is 44.3 Å². The Hall–Kier alpha value is -2.18. The van der Waals surface area contributed by atoms with Crippen LogP contribution in [0.25, 0.3) is 0 Å². The molecule has 2 aliphatic rings. The second-order valence-corrected chi connectivity index (χ2v) is 8.73. The molecule has 1 aromatic rings. The van der Waals surface area contributed by atoms with E-state index < -0.39 is 41.8 Å². The van der Waals surface area contributed by atoms with E-state index in [0.29, 0.717) is 37.9 Å². The average Bonchev–Trinajstić information content (AvgIpc) is 3.05. The number of rotatable bonds is 3. The third kappa shape index (κ3) is 5.72. The molecule has 0 unspecified atom stereocenters. The normalized spacial score (nSPS) is 19.8. The fourth-order valence-electron chi connectivity index (χ4n) is 4.77. The molecule has 0 radical (unpaired) electrons. The van der Waals surface area contributed by atoms with Crippen LogP contribution in [0.1, 0.15) is 42.4 Å². The number of carbonyl (C=O) groups excluding carboxylic acids is 1. The van der Waals surface area contributed by atoms with Crippen LogP contribution in [-0.2, 0) is 17.5 Å². The van der Waals surface area contributed by atoms with Gasteiger partial charge in [0.15, 0.2) is 0 Å². The molecule has 0 bridgehead atoms. The number of nitrogens with zero attached hydrogens (tertiary/aromatic N) is 2. The lowest BCUT2D eigenvalue weighted by molar-refractivity contribution is -0.308. The summed E-state index contributed by atoms with van der Waals surface area (Å²) in [5.74, 6) is 0. The standard InChI is InChI=1S/C21H23F9N2O2/c1-13-11-14(3-4-15(13)19(22,23)24)12-32-8-2-5-18(32)6-9-31(10-7-18)17(33)34-16(20(25,26)27)21(28,29)30/h3-4,11,16H,2,5-10,12H2,1H3. The summed E-state index contributed by atoms with van der Waals surface area (Å²) in [5, 5.41) is 0. The molecular weight excluding hydrogens is 483 g/mol. The van der Waals surface area contributed by atoms with E-state index >= 15 is 0 Å². The van der Waals surface area contributed by atoms with Crippen molar-refractivity contribution in [2.24, 2.45) is 0 Å². The van der Waals surface area contributed by atoms with E-state index in [1.807, 2.05) is 0 Å². The highest BCUT2D eigenvalue weighted by Crippen LogP contribution is 2.41. The number of alkyl halides is 9. The number of carbonyl (C=O) groups is 1. The lowest BCUT2D eigenvalue weighted by Crippen LogP contribution is -2.54. The summed E-state index contributed by atoms with van der Waals surface area (Å²) in [6.45, 7) is 2.15. The average molecular weight is 506 g/mol. The van der Waals surface area contributed by atoms with Crippen LogP contribution < -0.4 is 0 Å². The third-order valence-electron chi connectivity index (χ3n) is 6.48. The van der Waals surface area contributed by atoms with Gasteiger partial charge in [0.05, 0.1) is 5.56 Å². The molecular formula is C21H23F9N2O2. The van der Waals surface area contributed by atoms with Gasteiger partial charge in [-0.1, -0.05) is 12.1 Å². The number of halogens is 9. The summed E-state index contributed by atoms with van der Waals surface area (Å²) in [6.07, 6.45) is -19.9. The molecule has 0 aromatic heterocycles. The Morgan fingerprint density at radius 2 is 1.56 bits per heavy atom. The van der Waals surface area contributed by atoms with E-state index in [1.165, 1.54) is 19.1 Å². The SMILES string of the molecule is Cc1cc(CN2CCCC23CCN(C(=O)OC(C(F)(F)F)C(F)(F)F)CC3)ccc1C(F)(F)F. The molecule has 2 saturated heterocycles. The van der Waals surface area contributed by atoms with Crippen LogP contribution >= 0.6 is 0 Å². The first-order valence-corrected chi connectivity index (χ1v) is 10.5. The van der Waals surface area contributed by atoms with Gasteiger partial charge in [-0.2, -0.15) is 39.5 Å². The lowest BCUT2D eigenvalue weighted by atomic mass is 9.84. The quantitative estimate of drug-likeness (QED) is 0.467. The highest BCUT2D eigenvalue weighted by Gasteiger charge is 2.60. The number of ether oxygens (including phenoxy) is 1. The van der Waals surface area contributed by atoms with Gasteiger partial charge in [-0.05, 0) is 56.3 Å². The number of amides is 1. The van der Waals surface area contributed by atoms with Crippen molar-refractivity contribution in [3.8, 4) is 0 Å². The highest BCUT2D eigenvalue weighted by molar-refractivity contribution is 5.68. The summed E-state index contributed by atoms with van der Waals surface area (Å²) in [4.78, 5) is 14.9. The number of likely N-dealkylation sites (tertiary alicyclic amines) is 2. The van der Waals surface area contributed by atoms with Crippen molar-refractivity contribution < 1.29 is 49.0 Å². The first-order valence-electron chi connectivity index (χ1n) is 10.5. The molecule has 0 atom stereocenters. The molecule has 4 nitrogen and oxygen atoms in total. The Labute approximate surface area is 189 Å². The van der Waals surface area contributed by atoms with Gasteiger partial charge in [0.1, 0.15) is 0 Å². The van der Waals surface area contributed by atoms with Gasteiger partial charge in [-0.3, -0.25) is 4.90 Å². The van der Waals surface area contributed by atoms with Crippen LogP contribution in [0.5, 0.6) is 0 Å². The van der Waals surface area contributed by atoms with Crippen LogP contribution in [0.15, 0.2) is 18.2 Å². The maximum atomic E-state index is 13.0. The molecule has 1 amide bonds. The Morgan fingerprint density at radius 1 is 0.971 bits per heavy atom. The number of benzene rings is 1. The zero-order chi connectivity index (χ0) is 25.5. The number of aryl methyl sites for hydroxylation is 1. The summed E-state index contributed by atoms with van der Waals surface area (Å²) < 4.78 is 119. The predicted molar refractivity (Wildman–Crippen MR) is 102 cm³/mol. The predicted octanol–water partition coefficient (Wildman–Crippen LogP) is 6.07. The third-order valence-corrected chi connectivity index (χ3v) is 6.48. The van der Waals surface area contributed by atoms with E-state index in [4.69, 9.17) is 0 Å². The second-order valence-electron chi connectivity index (χ2n) is 8.73. The maximum absolute atomic E-state index is 13.0. The van der Waals surface area contributed by atoms with Crippen molar-refractivity contribution in [3.63, 3.8) is 0 Å². The van der Waals surface area contributed by atoms with Crippen molar-refractivity contribution in [3.05, 3.63) is 34.9 Å². The Morgan fingerprint density at radius 3 is 2.06 bits per heavy atom. The smallest absolute Gasteiger partial charge is 0.426 e. The summed E-state index contributed by atoms with van der Waals surface area (Å²) in [5.41, 5.74) is -0.428. The minimum atomic E-state index is -5.78. The topological polar surface area (TPSA) is 32.8 Å². The molecule has 13 heteroatoms. The van der Waals surface area contributed by atoms with Gasteiger partial charge in [0, 0.05) is 25.2 Å². The Balaban J connectivity index is 1.65. The fourth-order valence-corrected chi connectivity index (χ4v) is 4.77. The number of hydrogen-bond acceptors (Lipinski definition) is 3. The maximum Gasteiger partial charge on any atom is 0.434 e. The van der Waals surface area contributed by atoms with E-state index in [0.717, 1.165) is 17.4 Å². The molecule has 2 aliphatic heterocycles. The van der Waals surface area contributed by atoms with Gasteiger partial charge in [0.25, 0.3) is 6.10 Å². The zero-order valence-electron chi connectivity index (χ0n) is 18.1. The van der Waals surface area contributed by atoms with Crippen molar-refractivity contribution in [1.82, 2.24) is 9.80 Å². The molecule has 0 aliphatic carbocycles. The molecule has 0 saturated carbocycles. The monoisotopic (exact) mass is 506 g/mol. The van der Waals surface area contributed by atoms with Crippen LogP contribution in [0.3, 0.4) is 0 Å². The molecule has 2 fully saturated rings. The second kappa shape index (κ2) is 9.12. The largest absolute Gasteiger partial charge is 0.434 e. The van der Waals surface area contributed by atoms with Gasteiger partial charge in [-0.15, -0.1) is 0 Å². The summed E-state index contributed by atoms with van der Waals surface area (Å²) in [6, 6.07) is 3.86. The van der Waals surface area contributed by atoms with Gasteiger partial charge >= 0.3 is 24.6 Å². The van der Waals surface area contributed by atoms with Crippen molar-refractivity contribution in [2.45, 2.75) is 69.3 Å². The minimum absolute atomic E-state index is 0.0831. The number of hydrogen-bond donors (Lipinski definition) is 0. The molecule has 1 aromatic carbocycles. The minimum Gasteiger partial charge on any atom is -0.426 e. The molecule has 34 heavy (non-hydrogen) atoms. The van der Waals surface area contributed by atoms with Gasteiger partial charge in [0.2, 0.25) is 0 Å². The van der Waals surface area contributed by atoms with E-state index in [1.54, 1.807) is 0 Å². The summed E-state index contributed by atoms with van der Waals surface area (Å²) in [7, 11) is 0. The Kier molecular flexibility index (Phi) is 7.09. The van der Waals surface area contributed by atoms with Crippen molar-refractivity contribution in [1.29, 1.82) is 0 Å². The number of piperidine rings is 1. The van der Waals surface area contributed by atoms with Gasteiger partial charge in [-0.25, -0.2) is 4.79 Å². The van der Waals surface area contributed by atoms with Crippen molar-refractivity contribution in [2.75, 3.05) is 19.6 Å². The molecule has 3 rings (SSSR count). The van der Waals surface area contributed by atoms with Crippen LogP contribution in [0, 0.1) is 6.92 Å². The molecule has 1 spiro atoms. The van der Waals surface area contributed by atoms with Gasteiger partial charge < -0.3 is 9.64 Å². The fraction of sp³-hybridized carbons (Fsp3) is 0.667. The lowest BCUT2D eigenvalue weighted by Gasteiger charge is -2.45. The first kappa shape index (κ1) is 26.4. The van der Waals surface area contributed by atoms with E-state index in [-0.39, 0.29) is 18.7 Å². The van der Waals surface area contributed by atoms with Crippen LogP contribution in [0.2, 0.25) is 0 Å². The summed E-state index contributed by atoms with van der Waals surface area (Å²) >= 11 is 0. The zero-order valence-corrected chi connectivity index (χ0v) is 18.1. The first-order chi connectivity index (χ1) is 15.5. The van der Waals surface area contributed by atoms with Crippen LogP contribution in [-0.4, -0.2) is 59.5 Å². The van der Waals surface area contributed by atoms with E-state index in [2.05, 4.69) is 9.64 Å². The highest BCUT2D eigenvalue weighted by atomic mass is 19.4. The molecule has 0 N–H and O–H groups in total.